The van der Waals surface area contributed by atoms with Crippen molar-refractivity contribution in [2.24, 2.45) is 4.99 Å². The van der Waals surface area contributed by atoms with Crippen molar-refractivity contribution >= 4 is 39.8 Å². The van der Waals surface area contributed by atoms with E-state index in [2.05, 4.69) is 60.6 Å². The van der Waals surface area contributed by atoms with Gasteiger partial charge in [0.2, 0.25) is 0 Å². The molecule has 0 amide bonds. The molecule has 0 heterocycles. The maximum atomic E-state index is 11.6. The molecule has 0 unspecified atom stereocenters. The van der Waals surface area contributed by atoms with Crippen molar-refractivity contribution in [3.63, 3.8) is 0 Å². The highest BCUT2D eigenvalue weighted by Crippen LogP contribution is 2.13. The Balaban J connectivity index is 0.00000512. The van der Waals surface area contributed by atoms with Crippen LogP contribution in [0.4, 0.5) is 0 Å². The molecule has 0 saturated carbocycles. The van der Waals surface area contributed by atoms with Gasteiger partial charge in [-0.2, -0.15) is 0 Å². The summed E-state index contributed by atoms with van der Waals surface area (Å²) in [6, 6.07) is 15.5. The Kier molecular flexibility index (Phi) is 12.9. The molecular weight excluding hydrogens is 535 g/mol. The Morgan fingerprint density at radius 2 is 1.56 bits per heavy atom. The van der Waals surface area contributed by atoms with Crippen molar-refractivity contribution in [2.75, 3.05) is 32.4 Å². The van der Waals surface area contributed by atoms with Gasteiger partial charge in [0.15, 0.2) is 15.8 Å². The van der Waals surface area contributed by atoms with Crippen LogP contribution in [0.5, 0.6) is 0 Å². The number of halogens is 1. The lowest BCUT2D eigenvalue weighted by Gasteiger charge is -2.20. The van der Waals surface area contributed by atoms with Crippen LogP contribution in [0.1, 0.15) is 37.5 Å². The summed E-state index contributed by atoms with van der Waals surface area (Å²) in [5, 5.41) is 6.68. The molecule has 0 aliphatic heterocycles. The predicted molar refractivity (Wildman–Crippen MR) is 145 cm³/mol. The monoisotopic (exact) mass is 572 g/mol. The summed E-state index contributed by atoms with van der Waals surface area (Å²) in [4.78, 5) is 7.53. The second kappa shape index (κ2) is 14.5. The Morgan fingerprint density at radius 3 is 2.12 bits per heavy atom. The number of nitrogens with one attached hydrogen (secondary N) is 2. The fraction of sp³-hybridized carbons (Fsp3) is 0.458. The van der Waals surface area contributed by atoms with Crippen molar-refractivity contribution in [1.29, 1.82) is 0 Å². The van der Waals surface area contributed by atoms with E-state index in [0.717, 1.165) is 44.1 Å². The fourth-order valence-corrected chi connectivity index (χ4v) is 3.92. The standard InChI is InChI=1S/C24H36N4O2S.HI/c1-5-25-24(26-17-16-20-12-14-23(15-13-20)31(4,29)30)27-18-21-10-8-9-11-22(21)19-28(6-2)7-3;/h8-15H,5-7,16-19H2,1-4H3,(H2,25,26,27);1H. The first kappa shape index (κ1) is 28.4. The number of hydrogen-bond acceptors (Lipinski definition) is 4. The summed E-state index contributed by atoms with van der Waals surface area (Å²) in [5.74, 6) is 0.785. The molecule has 178 valence electrons. The molecule has 8 heteroatoms. The smallest absolute Gasteiger partial charge is 0.191 e. The Bertz CT molecular complexity index is 943. The van der Waals surface area contributed by atoms with Gasteiger partial charge in [-0.25, -0.2) is 13.4 Å². The van der Waals surface area contributed by atoms with Gasteiger partial charge < -0.3 is 10.6 Å². The van der Waals surface area contributed by atoms with Crippen LogP contribution < -0.4 is 10.6 Å². The van der Waals surface area contributed by atoms with E-state index in [4.69, 9.17) is 4.99 Å². The lowest BCUT2D eigenvalue weighted by Crippen LogP contribution is -2.38. The molecule has 2 rings (SSSR count). The van der Waals surface area contributed by atoms with Crippen molar-refractivity contribution in [1.82, 2.24) is 15.5 Å². The maximum Gasteiger partial charge on any atom is 0.191 e. The highest BCUT2D eigenvalue weighted by atomic mass is 127. The molecular formula is C24H37IN4O2S. The molecule has 0 aliphatic rings. The molecule has 0 atom stereocenters. The lowest BCUT2D eigenvalue weighted by atomic mass is 10.1. The normalized spacial score (nSPS) is 11.8. The van der Waals surface area contributed by atoms with E-state index in [1.807, 2.05) is 12.1 Å². The first-order valence-corrected chi connectivity index (χ1v) is 12.9. The summed E-state index contributed by atoms with van der Waals surface area (Å²) in [6.07, 6.45) is 2.01. The highest BCUT2D eigenvalue weighted by Gasteiger charge is 2.08. The third-order valence-electron chi connectivity index (χ3n) is 5.22. The van der Waals surface area contributed by atoms with E-state index < -0.39 is 9.84 Å². The zero-order valence-electron chi connectivity index (χ0n) is 19.6. The van der Waals surface area contributed by atoms with Crippen LogP contribution in [-0.2, 0) is 29.3 Å². The van der Waals surface area contributed by atoms with Crippen molar-refractivity contribution in [2.45, 2.75) is 45.2 Å². The minimum atomic E-state index is -3.16. The Hall–Kier alpha value is -1.65. The van der Waals surface area contributed by atoms with Crippen LogP contribution in [0.25, 0.3) is 0 Å². The first-order chi connectivity index (χ1) is 14.9. The minimum absolute atomic E-state index is 0. The summed E-state index contributed by atoms with van der Waals surface area (Å²) < 4.78 is 23.2. The zero-order valence-corrected chi connectivity index (χ0v) is 22.7. The van der Waals surface area contributed by atoms with Crippen LogP contribution >= 0.6 is 24.0 Å². The average Bonchev–Trinajstić information content (AvgIpc) is 2.76. The van der Waals surface area contributed by atoms with Crippen LogP contribution in [0, 0.1) is 0 Å². The number of guanidine groups is 1. The summed E-state index contributed by atoms with van der Waals surface area (Å²) in [7, 11) is -3.16. The molecule has 6 nitrogen and oxygen atoms in total. The first-order valence-electron chi connectivity index (χ1n) is 11.0. The van der Waals surface area contributed by atoms with Gasteiger partial charge in [0.25, 0.3) is 0 Å². The van der Waals surface area contributed by atoms with Crippen LogP contribution in [0.2, 0.25) is 0 Å². The van der Waals surface area contributed by atoms with Gasteiger partial charge in [0, 0.05) is 25.9 Å². The molecule has 0 aromatic heterocycles. The van der Waals surface area contributed by atoms with E-state index in [1.165, 1.54) is 17.4 Å². The Morgan fingerprint density at radius 1 is 0.938 bits per heavy atom. The molecule has 0 radical (unpaired) electrons. The van der Waals surface area contributed by atoms with Crippen molar-refractivity contribution in [3.8, 4) is 0 Å². The summed E-state index contributed by atoms with van der Waals surface area (Å²) in [6.45, 7) is 11.5. The molecule has 0 bridgehead atoms. The SMILES string of the molecule is CCNC(=NCc1ccccc1CN(CC)CC)NCCc1ccc(S(C)(=O)=O)cc1.I. The second-order valence-corrected chi connectivity index (χ2v) is 9.53. The van der Waals surface area contributed by atoms with Gasteiger partial charge in [-0.15, -0.1) is 24.0 Å². The maximum absolute atomic E-state index is 11.6. The van der Waals surface area contributed by atoms with Gasteiger partial charge in [0.1, 0.15) is 0 Å². The topological polar surface area (TPSA) is 73.8 Å². The number of nitrogens with zero attached hydrogens (tertiary/aromatic N) is 2. The summed E-state index contributed by atoms with van der Waals surface area (Å²) in [5.41, 5.74) is 3.64. The third-order valence-corrected chi connectivity index (χ3v) is 6.34. The van der Waals surface area contributed by atoms with Crippen molar-refractivity contribution < 1.29 is 8.42 Å². The second-order valence-electron chi connectivity index (χ2n) is 7.52. The van der Waals surface area contributed by atoms with Gasteiger partial charge in [-0.1, -0.05) is 50.2 Å². The number of sulfone groups is 1. The number of benzene rings is 2. The Labute approximate surface area is 210 Å². The molecule has 2 aromatic carbocycles. The number of rotatable bonds is 11. The van der Waals surface area contributed by atoms with Gasteiger partial charge in [-0.3, -0.25) is 4.90 Å². The van der Waals surface area contributed by atoms with Gasteiger partial charge in [0.05, 0.1) is 11.4 Å². The molecule has 2 N–H and O–H groups in total. The quantitative estimate of drug-likeness (QED) is 0.243. The van der Waals surface area contributed by atoms with Crippen LogP contribution in [-0.4, -0.2) is 51.7 Å². The van der Waals surface area contributed by atoms with E-state index in [0.29, 0.717) is 18.0 Å². The van der Waals surface area contributed by atoms with Gasteiger partial charge >= 0.3 is 0 Å². The van der Waals surface area contributed by atoms with Crippen molar-refractivity contribution in [3.05, 3.63) is 65.2 Å². The summed E-state index contributed by atoms with van der Waals surface area (Å²) >= 11 is 0. The zero-order chi connectivity index (χ0) is 22.7. The molecule has 0 fully saturated rings. The molecule has 0 saturated heterocycles. The fourth-order valence-electron chi connectivity index (χ4n) is 3.29. The minimum Gasteiger partial charge on any atom is -0.357 e. The lowest BCUT2D eigenvalue weighted by molar-refractivity contribution is 0.295. The molecule has 32 heavy (non-hydrogen) atoms. The van der Waals surface area contributed by atoms with E-state index in [9.17, 15) is 8.42 Å². The number of aliphatic imine (C=N–C) groups is 1. The van der Waals surface area contributed by atoms with Gasteiger partial charge in [-0.05, 0) is 55.3 Å². The molecule has 2 aromatic rings. The van der Waals surface area contributed by atoms with E-state index in [-0.39, 0.29) is 24.0 Å². The van der Waals surface area contributed by atoms with Crippen LogP contribution in [0.15, 0.2) is 58.4 Å². The van der Waals surface area contributed by atoms with Crippen LogP contribution in [0.3, 0.4) is 0 Å². The molecule has 0 aliphatic carbocycles. The predicted octanol–water partition coefficient (Wildman–Crippen LogP) is 3.85. The third kappa shape index (κ3) is 9.46. The van der Waals surface area contributed by atoms with E-state index >= 15 is 0 Å². The molecule has 0 spiro atoms. The highest BCUT2D eigenvalue weighted by molar-refractivity contribution is 14.0. The van der Waals surface area contributed by atoms with E-state index in [1.54, 1.807) is 12.1 Å². The average molecular weight is 573 g/mol. The number of hydrogen-bond donors (Lipinski definition) is 2. The largest absolute Gasteiger partial charge is 0.357 e.